The van der Waals surface area contributed by atoms with Crippen molar-refractivity contribution in [1.82, 2.24) is 10.6 Å². The SMILES string of the molecule is N/C(=C\C=C(/N)C(F)(F)F)c1ccc(F)c(CNC(=O)[C@@H]2CCCN2)c1. The first kappa shape index (κ1) is 19.8. The number of alkyl halides is 3. The van der Waals surface area contributed by atoms with Crippen molar-refractivity contribution in [1.29, 1.82) is 0 Å². The van der Waals surface area contributed by atoms with Crippen molar-refractivity contribution in [3.05, 3.63) is 53.0 Å². The van der Waals surface area contributed by atoms with E-state index in [4.69, 9.17) is 11.5 Å². The number of benzene rings is 1. The lowest BCUT2D eigenvalue weighted by atomic mass is 10.1. The predicted molar refractivity (Wildman–Crippen MR) is 89.8 cm³/mol. The molecule has 1 heterocycles. The van der Waals surface area contributed by atoms with Crippen molar-refractivity contribution in [2.75, 3.05) is 6.54 Å². The minimum atomic E-state index is -4.65. The molecular weight excluding hydrogens is 352 g/mol. The third-order valence-electron chi connectivity index (χ3n) is 3.98. The molecule has 2 rings (SSSR count). The second-order valence-electron chi connectivity index (χ2n) is 5.91. The summed E-state index contributed by atoms with van der Waals surface area (Å²) in [4.78, 5) is 12.0. The molecule has 142 valence electrons. The summed E-state index contributed by atoms with van der Waals surface area (Å²) in [5.74, 6) is -0.775. The van der Waals surface area contributed by atoms with Crippen LogP contribution in [0.15, 0.2) is 36.0 Å². The van der Waals surface area contributed by atoms with E-state index in [1.165, 1.54) is 12.1 Å². The monoisotopic (exact) mass is 372 g/mol. The van der Waals surface area contributed by atoms with E-state index in [0.717, 1.165) is 31.5 Å². The molecule has 1 saturated heterocycles. The molecule has 1 aliphatic heterocycles. The Morgan fingerprint density at radius 2 is 2.04 bits per heavy atom. The molecule has 5 nitrogen and oxygen atoms in total. The fourth-order valence-electron chi connectivity index (χ4n) is 2.47. The standard InChI is InChI=1S/C17H20F4N4O/c18-12-4-3-10(13(22)5-6-15(23)17(19,20)21)8-11(12)9-25-16(26)14-2-1-7-24-14/h3-6,8,14,24H,1-2,7,9,22-23H2,(H,25,26)/b13-5-,15-6-/t14-/m0/s1. The minimum Gasteiger partial charge on any atom is -0.398 e. The number of carbonyl (C=O) groups is 1. The van der Waals surface area contributed by atoms with E-state index in [0.29, 0.717) is 11.6 Å². The van der Waals surface area contributed by atoms with Crippen LogP contribution in [0, 0.1) is 5.82 Å². The zero-order valence-corrected chi connectivity index (χ0v) is 13.9. The molecule has 0 radical (unpaired) electrons. The van der Waals surface area contributed by atoms with E-state index >= 15 is 0 Å². The van der Waals surface area contributed by atoms with Crippen molar-refractivity contribution >= 4 is 11.6 Å². The Morgan fingerprint density at radius 3 is 2.65 bits per heavy atom. The van der Waals surface area contributed by atoms with Crippen LogP contribution in [0.5, 0.6) is 0 Å². The van der Waals surface area contributed by atoms with Gasteiger partial charge in [0.05, 0.1) is 6.04 Å². The van der Waals surface area contributed by atoms with Crippen molar-refractivity contribution in [3.8, 4) is 0 Å². The second-order valence-corrected chi connectivity index (χ2v) is 5.91. The van der Waals surface area contributed by atoms with Gasteiger partial charge in [0.25, 0.3) is 0 Å². The molecule has 1 atom stereocenters. The number of nitrogens with one attached hydrogen (secondary N) is 2. The van der Waals surface area contributed by atoms with E-state index in [9.17, 15) is 22.4 Å². The van der Waals surface area contributed by atoms with Crippen LogP contribution in [-0.2, 0) is 11.3 Å². The lowest BCUT2D eigenvalue weighted by Gasteiger charge is -2.12. The van der Waals surface area contributed by atoms with Crippen LogP contribution >= 0.6 is 0 Å². The fraction of sp³-hybridized carbons (Fsp3) is 0.353. The summed E-state index contributed by atoms with van der Waals surface area (Å²) in [5.41, 5.74) is 9.82. The number of hydrogen-bond acceptors (Lipinski definition) is 4. The van der Waals surface area contributed by atoms with E-state index in [1.54, 1.807) is 0 Å². The maximum absolute atomic E-state index is 13.9. The van der Waals surface area contributed by atoms with Gasteiger partial charge in [0.2, 0.25) is 5.91 Å². The van der Waals surface area contributed by atoms with Crippen LogP contribution in [0.1, 0.15) is 24.0 Å². The highest BCUT2D eigenvalue weighted by Crippen LogP contribution is 2.22. The molecule has 0 aliphatic carbocycles. The smallest absolute Gasteiger partial charge is 0.398 e. The molecule has 0 saturated carbocycles. The summed E-state index contributed by atoms with van der Waals surface area (Å²) in [6.45, 7) is 0.711. The average Bonchev–Trinajstić information content (AvgIpc) is 3.12. The summed E-state index contributed by atoms with van der Waals surface area (Å²) < 4.78 is 51.0. The molecule has 0 aromatic heterocycles. The van der Waals surface area contributed by atoms with Gasteiger partial charge in [-0.2, -0.15) is 13.2 Å². The van der Waals surface area contributed by atoms with Gasteiger partial charge in [-0.05, 0) is 55.3 Å². The van der Waals surface area contributed by atoms with Gasteiger partial charge < -0.3 is 22.1 Å². The summed E-state index contributed by atoms with van der Waals surface area (Å²) in [6.07, 6.45) is -1.38. The third kappa shape index (κ3) is 5.22. The lowest BCUT2D eigenvalue weighted by Crippen LogP contribution is -2.40. The van der Waals surface area contributed by atoms with Crippen LogP contribution in [-0.4, -0.2) is 24.7 Å². The van der Waals surface area contributed by atoms with Crippen LogP contribution in [0.25, 0.3) is 5.70 Å². The largest absolute Gasteiger partial charge is 0.430 e. The highest BCUT2D eigenvalue weighted by atomic mass is 19.4. The zero-order chi connectivity index (χ0) is 19.3. The molecule has 0 spiro atoms. The number of halogens is 4. The van der Waals surface area contributed by atoms with E-state index in [-0.39, 0.29) is 29.8 Å². The van der Waals surface area contributed by atoms with E-state index in [2.05, 4.69) is 10.6 Å². The number of nitrogens with two attached hydrogens (primary N) is 2. The Balaban J connectivity index is 2.09. The minimum absolute atomic E-state index is 0.0118. The van der Waals surface area contributed by atoms with Crippen molar-refractivity contribution < 1.29 is 22.4 Å². The van der Waals surface area contributed by atoms with Crippen LogP contribution < -0.4 is 22.1 Å². The molecule has 6 N–H and O–H groups in total. The van der Waals surface area contributed by atoms with Crippen LogP contribution in [0.4, 0.5) is 17.6 Å². The topological polar surface area (TPSA) is 93.2 Å². The summed E-state index contributed by atoms with van der Waals surface area (Å²) >= 11 is 0. The van der Waals surface area contributed by atoms with Gasteiger partial charge in [-0.3, -0.25) is 4.79 Å². The number of allylic oxidation sites excluding steroid dienone is 3. The Morgan fingerprint density at radius 1 is 1.31 bits per heavy atom. The number of rotatable bonds is 5. The van der Waals surface area contributed by atoms with Gasteiger partial charge in [0.15, 0.2) is 0 Å². The molecule has 1 fully saturated rings. The maximum atomic E-state index is 13.9. The number of amides is 1. The fourth-order valence-corrected chi connectivity index (χ4v) is 2.47. The number of carbonyl (C=O) groups excluding carboxylic acids is 1. The molecule has 1 amide bonds. The Bertz CT molecular complexity index is 722. The summed E-state index contributed by atoms with van der Waals surface area (Å²) in [6, 6.07) is 3.56. The predicted octanol–water partition coefficient (Wildman–Crippen LogP) is 1.90. The van der Waals surface area contributed by atoms with Gasteiger partial charge in [-0.25, -0.2) is 4.39 Å². The number of hydrogen-bond donors (Lipinski definition) is 4. The van der Waals surface area contributed by atoms with E-state index < -0.39 is 17.7 Å². The van der Waals surface area contributed by atoms with Gasteiger partial charge in [-0.1, -0.05) is 0 Å². The van der Waals surface area contributed by atoms with Crippen molar-refractivity contribution in [2.24, 2.45) is 11.5 Å². The van der Waals surface area contributed by atoms with Crippen molar-refractivity contribution in [3.63, 3.8) is 0 Å². The van der Waals surface area contributed by atoms with Gasteiger partial charge in [-0.15, -0.1) is 0 Å². The Kier molecular flexibility index (Phi) is 6.25. The van der Waals surface area contributed by atoms with Crippen molar-refractivity contribution in [2.45, 2.75) is 31.6 Å². The van der Waals surface area contributed by atoms with Gasteiger partial charge in [0, 0.05) is 17.8 Å². The first-order valence-electron chi connectivity index (χ1n) is 7.98. The van der Waals surface area contributed by atoms with Crippen LogP contribution in [0.3, 0.4) is 0 Å². The molecule has 26 heavy (non-hydrogen) atoms. The second kappa shape index (κ2) is 8.22. The molecule has 1 aromatic rings. The third-order valence-corrected chi connectivity index (χ3v) is 3.98. The highest BCUT2D eigenvalue weighted by molar-refractivity contribution is 5.82. The lowest BCUT2D eigenvalue weighted by molar-refractivity contribution is -0.122. The van der Waals surface area contributed by atoms with Crippen LogP contribution in [0.2, 0.25) is 0 Å². The Labute approximate surface area is 148 Å². The van der Waals surface area contributed by atoms with Gasteiger partial charge in [0.1, 0.15) is 11.5 Å². The van der Waals surface area contributed by atoms with Gasteiger partial charge >= 0.3 is 6.18 Å². The highest BCUT2D eigenvalue weighted by Gasteiger charge is 2.30. The molecule has 0 unspecified atom stereocenters. The zero-order valence-electron chi connectivity index (χ0n) is 13.9. The first-order chi connectivity index (χ1) is 12.2. The summed E-state index contributed by atoms with van der Waals surface area (Å²) in [7, 11) is 0. The molecule has 0 bridgehead atoms. The quantitative estimate of drug-likeness (QED) is 0.469. The molecule has 1 aliphatic rings. The van der Waals surface area contributed by atoms with E-state index in [1.807, 2.05) is 0 Å². The average molecular weight is 372 g/mol. The Hall–Kier alpha value is -2.55. The first-order valence-corrected chi connectivity index (χ1v) is 7.98. The molecular formula is C17H20F4N4O. The summed E-state index contributed by atoms with van der Waals surface area (Å²) in [5, 5.41) is 5.67. The molecule has 9 heteroatoms. The molecule has 1 aromatic carbocycles. The maximum Gasteiger partial charge on any atom is 0.430 e. The normalized spacial score (nSPS) is 18.8.